The van der Waals surface area contributed by atoms with Gasteiger partial charge in [0, 0.05) is 36.6 Å². The van der Waals surface area contributed by atoms with Gasteiger partial charge in [0.15, 0.2) is 0 Å². The van der Waals surface area contributed by atoms with E-state index in [0.29, 0.717) is 5.69 Å². The Kier molecular flexibility index (Phi) is 4.06. The summed E-state index contributed by atoms with van der Waals surface area (Å²) in [5.74, 6) is 0.967. The lowest BCUT2D eigenvalue weighted by molar-refractivity contribution is 0.102. The zero-order valence-electron chi connectivity index (χ0n) is 14.2. The maximum Gasteiger partial charge on any atom is 0.274 e. The maximum absolute atomic E-state index is 12.2. The minimum Gasteiger partial charge on any atom is -0.334 e. The number of fused-ring (bicyclic) bond motifs is 1. The third-order valence-corrected chi connectivity index (χ3v) is 4.49. The number of aromatic nitrogens is 3. The molecule has 0 bridgehead atoms. The quantitative estimate of drug-likeness (QED) is 0.793. The second-order valence-electron chi connectivity index (χ2n) is 6.45. The van der Waals surface area contributed by atoms with Crippen LogP contribution in [0.25, 0.3) is 11.3 Å². The Labute approximate surface area is 146 Å². The number of hydrogen-bond acceptors (Lipinski definition) is 3. The molecule has 1 aliphatic heterocycles. The Bertz CT molecular complexity index is 871. The normalized spacial score (nSPS) is 13.3. The molecule has 0 unspecified atom stereocenters. The molecule has 2 aromatic heterocycles. The van der Waals surface area contributed by atoms with Crippen molar-refractivity contribution >= 4 is 11.6 Å². The van der Waals surface area contributed by atoms with Crippen LogP contribution in [0.2, 0.25) is 0 Å². The molecule has 0 aliphatic carbocycles. The topological polar surface area (TPSA) is 59.8 Å². The SMILES string of the molecule is Cc1ccc(C(=O)Nc2ccc(-c3cn4c(n3)CCCC4)cc2)nc1. The monoisotopic (exact) mass is 332 g/mol. The van der Waals surface area contributed by atoms with E-state index < -0.39 is 0 Å². The molecule has 4 rings (SSSR count). The molecule has 5 heteroatoms. The van der Waals surface area contributed by atoms with Crippen LogP contribution in [0.15, 0.2) is 48.8 Å². The summed E-state index contributed by atoms with van der Waals surface area (Å²) in [5, 5.41) is 2.88. The average Bonchev–Trinajstić information content (AvgIpc) is 3.07. The van der Waals surface area contributed by atoms with Crippen molar-refractivity contribution in [2.24, 2.45) is 0 Å². The van der Waals surface area contributed by atoms with Crippen LogP contribution < -0.4 is 5.32 Å². The molecule has 1 aliphatic rings. The van der Waals surface area contributed by atoms with Crippen LogP contribution in [0, 0.1) is 6.92 Å². The smallest absolute Gasteiger partial charge is 0.274 e. The largest absolute Gasteiger partial charge is 0.334 e. The van der Waals surface area contributed by atoms with Crippen molar-refractivity contribution < 1.29 is 4.79 Å². The fourth-order valence-electron chi connectivity index (χ4n) is 3.07. The van der Waals surface area contributed by atoms with Crippen molar-refractivity contribution in [2.45, 2.75) is 32.7 Å². The van der Waals surface area contributed by atoms with Gasteiger partial charge in [0.05, 0.1) is 5.69 Å². The number of carbonyl (C=O) groups is 1. The van der Waals surface area contributed by atoms with Gasteiger partial charge in [0.2, 0.25) is 0 Å². The summed E-state index contributed by atoms with van der Waals surface area (Å²) in [6, 6.07) is 11.4. The number of nitrogens with zero attached hydrogens (tertiary/aromatic N) is 3. The predicted molar refractivity (Wildman–Crippen MR) is 97.5 cm³/mol. The molecule has 1 N–H and O–H groups in total. The molecule has 3 aromatic rings. The van der Waals surface area contributed by atoms with Crippen molar-refractivity contribution in [1.82, 2.24) is 14.5 Å². The first-order chi connectivity index (χ1) is 12.2. The molecule has 0 saturated carbocycles. The first kappa shape index (κ1) is 15.6. The molecule has 126 valence electrons. The summed E-state index contributed by atoms with van der Waals surface area (Å²) in [4.78, 5) is 21.1. The van der Waals surface area contributed by atoms with E-state index in [2.05, 4.69) is 21.1 Å². The number of amides is 1. The Morgan fingerprint density at radius 2 is 1.96 bits per heavy atom. The fourth-order valence-corrected chi connectivity index (χ4v) is 3.07. The van der Waals surface area contributed by atoms with Gasteiger partial charge in [-0.3, -0.25) is 9.78 Å². The molecule has 0 saturated heterocycles. The van der Waals surface area contributed by atoms with Crippen molar-refractivity contribution in [1.29, 1.82) is 0 Å². The highest BCUT2D eigenvalue weighted by Crippen LogP contribution is 2.24. The van der Waals surface area contributed by atoms with E-state index >= 15 is 0 Å². The number of hydrogen-bond donors (Lipinski definition) is 1. The zero-order chi connectivity index (χ0) is 17.2. The number of anilines is 1. The molecule has 25 heavy (non-hydrogen) atoms. The molecule has 0 spiro atoms. The third-order valence-electron chi connectivity index (χ3n) is 4.49. The number of rotatable bonds is 3. The first-order valence-electron chi connectivity index (χ1n) is 8.59. The lowest BCUT2D eigenvalue weighted by Gasteiger charge is -2.11. The number of benzene rings is 1. The van der Waals surface area contributed by atoms with E-state index in [1.165, 1.54) is 18.7 Å². The minimum absolute atomic E-state index is 0.204. The highest BCUT2D eigenvalue weighted by atomic mass is 16.1. The molecule has 0 fully saturated rings. The van der Waals surface area contributed by atoms with E-state index in [1.54, 1.807) is 12.3 Å². The Hall–Kier alpha value is -2.95. The van der Waals surface area contributed by atoms with Gasteiger partial charge in [-0.25, -0.2) is 4.98 Å². The van der Waals surface area contributed by atoms with E-state index in [9.17, 15) is 4.79 Å². The van der Waals surface area contributed by atoms with Crippen LogP contribution in [0.3, 0.4) is 0 Å². The lowest BCUT2D eigenvalue weighted by atomic mass is 10.1. The number of imidazole rings is 1. The third kappa shape index (κ3) is 3.31. The molecular weight excluding hydrogens is 312 g/mol. The van der Waals surface area contributed by atoms with E-state index in [-0.39, 0.29) is 5.91 Å². The number of nitrogens with one attached hydrogen (secondary N) is 1. The number of pyridine rings is 1. The van der Waals surface area contributed by atoms with Gasteiger partial charge < -0.3 is 9.88 Å². The van der Waals surface area contributed by atoms with E-state index in [4.69, 9.17) is 4.98 Å². The highest BCUT2D eigenvalue weighted by molar-refractivity contribution is 6.02. The van der Waals surface area contributed by atoms with Gasteiger partial charge in [0.25, 0.3) is 5.91 Å². The Morgan fingerprint density at radius 3 is 2.68 bits per heavy atom. The predicted octanol–water partition coefficient (Wildman–Crippen LogP) is 3.84. The van der Waals surface area contributed by atoms with Crippen LogP contribution >= 0.6 is 0 Å². The molecule has 1 aromatic carbocycles. The molecule has 3 heterocycles. The van der Waals surface area contributed by atoms with Gasteiger partial charge in [-0.15, -0.1) is 0 Å². The van der Waals surface area contributed by atoms with Gasteiger partial charge in [-0.05, 0) is 43.5 Å². The van der Waals surface area contributed by atoms with Crippen LogP contribution in [0.5, 0.6) is 0 Å². The van der Waals surface area contributed by atoms with Crippen LogP contribution in [0.4, 0.5) is 5.69 Å². The zero-order valence-corrected chi connectivity index (χ0v) is 14.2. The van der Waals surface area contributed by atoms with Crippen LogP contribution in [0.1, 0.15) is 34.7 Å². The second kappa shape index (κ2) is 6.51. The molecule has 0 radical (unpaired) electrons. The van der Waals surface area contributed by atoms with E-state index in [1.807, 2.05) is 37.3 Å². The molecular formula is C20H20N4O. The van der Waals surface area contributed by atoms with Gasteiger partial charge >= 0.3 is 0 Å². The van der Waals surface area contributed by atoms with Gasteiger partial charge in [-0.2, -0.15) is 0 Å². The van der Waals surface area contributed by atoms with Crippen molar-refractivity contribution in [3.05, 3.63) is 65.9 Å². The standard InChI is InChI=1S/C20H20N4O/c1-14-5-10-17(21-12-14)20(25)22-16-8-6-15(7-9-16)18-13-24-11-3-2-4-19(24)23-18/h5-10,12-13H,2-4,11H2,1H3,(H,22,25). The Morgan fingerprint density at radius 1 is 1.12 bits per heavy atom. The molecule has 0 atom stereocenters. The fraction of sp³-hybridized carbons (Fsp3) is 0.250. The van der Waals surface area contributed by atoms with Crippen LogP contribution in [-0.2, 0) is 13.0 Å². The van der Waals surface area contributed by atoms with Gasteiger partial charge in [0.1, 0.15) is 11.5 Å². The highest BCUT2D eigenvalue weighted by Gasteiger charge is 2.13. The summed E-state index contributed by atoms with van der Waals surface area (Å²) < 4.78 is 2.25. The molecule has 1 amide bonds. The minimum atomic E-state index is -0.204. The van der Waals surface area contributed by atoms with E-state index in [0.717, 1.165) is 35.5 Å². The summed E-state index contributed by atoms with van der Waals surface area (Å²) in [6.45, 7) is 3.00. The summed E-state index contributed by atoms with van der Waals surface area (Å²) >= 11 is 0. The van der Waals surface area contributed by atoms with Crippen molar-refractivity contribution in [3.63, 3.8) is 0 Å². The second-order valence-corrected chi connectivity index (χ2v) is 6.45. The summed E-state index contributed by atoms with van der Waals surface area (Å²) in [5.41, 5.74) is 4.25. The van der Waals surface area contributed by atoms with Crippen molar-refractivity contribution in [2.75, 3.05) is 5.32 Å². The van der Waals surface area contributed by atoms with Crippen LogP contribution in [-0.4, -0.2) is 20.4 Å². The Balaban J connectivity index is 1.49. The lowest BCUT2D eigenvalue weighted by Crippen LogP contribution is -2.13. The maximum atomic E-state index is 12.2. The number of carbonyl (C=O) groups excluding carboxylic acids is 1. The summed E-state index contributed by atoms with van der Waals surface area (Å²) in [6.07, 6.45) is 7.31. The summed E-state index contributed by atoms with van der Waals surface area (Å²) in [7, 11) is 0. The van der Waals surface area contributed by atoms with Gasteiger partial charge in [-0.1, -0.05) is 18.2 Å². The average molecular weight is 332 g/mol. The van der Waals surface area contributed by atoms with Crippen molar-refractivity contribution in [3.8, 4) is 11.3 Å². The first-order valence-corrected chi connectivity index (χ1v) is 8.59. The number of aryl methyl sites for hydroxylation is 3. The molecule has 5 nitrogen and oxygen atoms in total.